The second-order valence-electron chi connectivity index (χ2n) is 3.30. The summed E-state index contributed by atoms with van der Waals surface area (Å²) in [5.74, 6) is 0. The SMILES string of the molecule is CCCCN(CCC)c1cn[nH]c1. The first-order valence-corrected chi connectivity index (χ1v) is 5.12. The van der Waals surface area contributed by atoms with Gasteiger partial charge < -0.3 is 4.90 Å². The summed E-state index contributed by atoms with van der Waals surface area (Å²) in [5, 5.41) is 6.82. The lowest BCUT2D eigenvalue weighted by Crippen LogP contribution is -2.24. The van der Waals surface area contributed by atoms with E-state index in [2.05, 4.69) is 28.9 Å². The third-order valence-corrected chi connectivity index (χ3v) is 2.12. The molecule has 0 bridgehead atoms. The highest BCUT2D eigenvalue weighted by Gasteiger charge is 2.04. The highest BCUT2D eigenvalue weighted by Crippen LogP contribution is 2.12. The molecule has 3 nitrogen and oxygen atoms in total. The number of hydrogen-bond acceptors (Lipinski definition) is 2. The summed E-state index contributed by atoms with van der Waals surface area (Å²) in [6.45, 7) is 6.70. The van der Waals surface area contributed by atoms with Gasteiger partial charge in [-0.15, -0.1) is 0 Å². The van der Waals surface area contributed by atoms with Gasteiger partial charge in [0.2, 0.25) is 0 Å². The smallest absolute Gasteiger partial charge is 0.0749 e. The highest BCUT2D eigenvalue weighted by molar-refractivity contribution is 5.41. The Bertz CT molecular complexity index is 206. The zero-order valence-corrected chi connectivity index (χ0v) is 8.58. The van der Waals surface area contributed by atoms with Crippen molar-refractivity contribution < 1.29 is 0 Å². The molecule has 1 aromatic heterocycles. The quantitative estimate of drug-likeness (QED) is 0.731. The molecule has 0 fully saturated rings. The average Bonchev–Trinajstić information content (AvgIpc) is 2.65. The highest BCUT2D eigenvalue weighted by atomic mass is 15.2. The summed E-state index contributed by atoms with van der Waals surface area (Å²) in [6, 6.07) is 0. The number of aromatic nitrogens is 2. The second kappa shape index (κ2) is 5.62. The standard InChI is InChI=1S/C10H19N3/c1-3-5-7-13(6-4-2)10-8-11-12-9-10/h8-9H,3-7H2,1-2H3,(H,11,12). The van der Waals surface area contributed by atoms with Crippen molar-refractivity contribution in [3.8, 4) is 0 Å². The van der Waals surface area contributed by atoms with Gasteiger partial charge in [-0.2, -0.15) is 5.10 Å². The van der Waals surface area contributed by atoms with Gasteiger partial charge in [-0.05, 0) is 12.8 Å². The maximum absolute atomic E-state index is 3.97. The van der Waals surface area contributed by atoms with Crippen molar-refractivity contribution >= 4 is 5.69 Å². The van der Waals surface area contributed by atoms with Crippen LogP contribution in [0.25, 0.3) is 0 Å². The molecule has 0 radical (unpaired) electrons. The Morgan fingerprint density at radius 1 is 1.31 bits per heavy atom. The Kier molecular flexibility index (Phi) is 4.36. The number of hydrogen-bond donors (Lipinski definition) is 1. The van der Waals surface area contributed by atoms with Crippen LogP contribution >= 0.6 is 0 Å². The van der Waals surface area contributed by atoms with E-state index in [-0.39, 0.29) is 0 Å². The van der Waals surface area contributed by atoms with Gasteiger partial charge >= 0.3 is 0 Å². The zero-order valence-electron chi connectivity index (χ0n) is 8.58. The molecule has 0 aliphatic heterocycles. The van der Waals surface area contributed by atoms with Gasteiger partial charge in [0.1, 0.15) is 0 Å². The first-order chi connectivity index (χ1) is 6.38. The second-order valence-corrected chi connectivity index (χ2v) is 3.30. The first kappa shape index (κ1) is 10.1. The lowest BCUT2D eigenvalue weighted by atomic mass is 10.3. The van der Waals surface area contributed by atoms with Crippen LogP contribution in [-0.2, 0) is 0 Å². The Balaban J connectivity index is 2.47. The van der Waals surface area contributed by atoms with Gasteiger partial charge in [-0.1, -0.05) is 20.3 Å². The number of nitrogens with zero attached hydrogens (tertiary/aromatic N) is 2. The Morgan fingerprint density at radius 3 is 2.69 bits per heavy atom. The fourth-order valence-electron chi connectivity index (χ4n) is 1.41. The monoisotopic (exact) mass is 181 g/mol. The van der Waals surface area contributed by atoms with Crippen molar-refractivity contribution in [1.82, 2.24) is 10.2 Å². The van der Waals surface area contributed by atoms with Gasteiger partial charge in [0, 0.05) is 19.3 Å². The van der Waals surface area contributed by atoms with Crippen LogP contribution in [0.3, 0.4) is 0 Å². The summed E-state index contributed by atoms with van der Waals surface area (Å²) < 4.78 is 0. The minimum atomic E-state index is 1.12. The van der Waals surface area contributed by atoms with Crippen molar-refractivity contribution in [2.45, 2.75) is 33.1 Å². The summed E-state index contributed by atoms with van der Waals surface area (Å²) in [6.07, 6.45) is 7.55. The number of nitrogens with one attached hydrogen (secondary N) is 1. The number of anilines is 1. The van der Waals surface area contributed by atoms with Crippen LogP contribution in [0.1, 0.15) is 33.1 Å². The van der Waals surface area contributed by atoms with E-state index in [0.29, 0.717) is 0 Å². The van der Waals surface area contributed by atoms with Crippen molar-refractivity contribution in [1.29, 1.82) is 0 Å². The molecule has 0 saturated carbocycles. The minimum absolute atomic E-state index is 1.12. The molecule has 0 aliphatic carbocycles. The van der Waals surface area contributed by atoms with Crippen LogP contribution in [0.15, 0.2) is 12.4 Å². The molecule has 3 heteroatoms. The number of rotatable bonds is 6. The Labute approximate surface area is 80.1 Å². The molecular weight excluding hydrogens is 162 g/mol. The van der Waals surface area contributed by atoms with Crippen LogP contribution in [-0.4, -0.2) is 23.3 Å². The predicted molar refractivity (Wildman–Crippen MR) is 56.0 cm³/mol. The largest absolute Gasteiger partial charge is 0.369 e. The summed E-state index contributed by atoms with van der Waals surface area (Å²) >= 11 is 0. The van der Waals surface area contributed by atoms with Crippen molar-refractivity contribution in [3.63, 3.8) is 0 Å². The van der Waals surface area contributed by atoms with Crippen LogP contribution in [0.4, 0.5) is 5.69 Å². The van der Waals surface area contributed by atoms with E-state index < -0.39 is 0 Å². The topological polar surface area (TPSA) is 31.9 Å². The number of unbranched alkanes of at least 4 members (excludes halogenated alkanes) is 1. The molecule has 74 valence electrons. The van der Waals surface area contributed by atoms with Gasteiger partial charge in [0.25, 0.3) is 0 Å². The van der Waals surface area contributed by atoms with E-state index in [9.17, 15) is 0 Å². The molecule has 0 saturated heterocycles. The molecule has 0 spiro atoms. The number of aromatic amines is 1. The zero-order chi connectivity index (χ0) is 9.52. The summed E-state index contributed by atoms with van der Waals surface area (Å²) in [7, 11) is 0. The van der Waals surface area contributed by atoms with E-state index in [1.807, 2.05) is 12.4 Å². The van der Waals surface area contributed by atoms with Crippen LogP contribution in [0, 0.1) is 0 Å². The third-order valence-electron chi connectivity index (χ3n) is 2.12. The van der Waals surface area contributed by atoms with Crippen LogP contribution < -0.4 is 4.90 Å². The van der Waals surface area contributed by atoms with Crippen LogP contribution in [0.5, 0.6) is 0 Å². The van der Waals surface area contributed by atoms with Gasteiger partial charge in [-0.25, -0.2) is 0 Å². The fraction of sp³-hybridized carbons (Fsp3) is 0.700. The minimum Gasteiger partial charge on any atom is -0.369 e. The molecule has 1 heterocycles. The van der Waals surface area contributed by atoms with E-state index in [0.717, 1.165) is 13.1 Å². The van der Waals surface area contributed by atoms with Gasteiger partial charge in [0.05, 0.1) is 11.9 Å². The van der Waals surface area contributed by atoms with Crippen molar-refractivity contribution in [3.05, 3.63) is 12.4 Å². The molecule has 1 N–H and O–H groups in total. The maximum Gasteiger partial charge on any atom is 0.0749 e. The summed E-state index contributed by atoms with van der Waals surface area (Å²) in [4.78, 5) is 2.38. The third kappa shape index (κ3) is 3.09. The summed E-state index contributed by atoms with van der Waals surface area (Å²) in [5.41, 5.74) is 1.22. The van der Waals surface area contributed by atoms with Crippen LogP contribution in [0.2, 0.25) is 0 Å². The normalized spacial score (nSPS) is 10.3. The molecule has 1 rings (SSSR count). The molecule has 0 atom stereocenters. The Morgan fingerprint density at radius 2 is 2.15 bits per heavy atom. The van der Waals surface area contributed by atoms with E-state index >= 15 is 0 Å². The van der Waals surface area contributed by atoms with Gasteiger partial charge in [-0.3, -0.25) is 5.10 Å². The average molecular weight is 181 g/mol. The van der Waals surface area contributed by atoms with Crippen molar-refractivity contribution in [2.24, 2.45) is 0 Å². The molecule has 1 aromatic rings. The molecule has 13 heavy (non-hydrogen) atoms. The van der Waals surface area contributed by atoms with Crippen molar-refractivity contribution in [2.75, 3.05) is 18.0 Å². The molecule has 0 unspecified atom stereocenters. The lowest BCUT2D eigenvalue weighted by Gasteiger charge is -2.21. The number of H-pyrrole nitrogens is 1. The van der Waals surface area contributed by atoms with E-state index in [1.165, 1.54) is 24.9 Å². The van der Waals surface area contributed by atoms with Gasteiger partial charge in [0.15, 0.2) is 0 Å². The molecule has 0 aliphatic rings. The van der Waals surface area contributed by atoms with E-state index in [4.69, 9.17) is 0 Å². The maximum atomic E-state index is 3.97. The van der Waals surface area contributed by atoms with E-state index in [1.54, 1.807) is 0 Å². The molecule has 0 amide bonds. The first-order valence-electron chi connectivity index (χ1n) is 5.12. The lowest BCUT2D eigenvalue weighted by molar-refractivity contribution is 0.704. The Hall–Kier alpha value is -0.990. The fourth-order valence-corrected chi connectivity index (χ4v) is 1.41. The predicted octanol–water partition coefficient (Wildman–Crippen LogP) is 2.43. The molecular formula is C10H19N3. The molecule has 0 aromatic carbocycles.